The Morgan fingerprint density at radius 3 is 2.38 bits per heavy atom. The molecule has 0 aliphatic heterocycles. The summed E-state index contributed by atoms with van der Waals surface area (Å²) in [6.07, 6.45) is 1.84. The van der Waals surface area contributed by atoms with Gasteiger partial charge in [-0.05, 0) is 41.7 Å². The Hall–Kier alpha value is -2.36. The Balaban J connectivity index is 2.14. The lowest BCUT2D eigenvalue weighted by molar-refractivity contribution is 0.590. The van der Waals surface area contributed by atoms with Gasteiger partial charge in [0.05, 0.1) is 5.69 Å². The Bertz CT molecular complexity index is 792. The van der Waals surface area contributed by atoms with Gasteiger partial charge >= 0.3 is 0 Å². The summed E-state index contributed by atoms with van der Waals surface area (Å²) >= 11 is 0. The highest BCUT2D eigenvalue weighted by Gasteiger charge is 2.15. The number of nitrogens with zero attached hydrogens (tertiary/aromatic N) is 3. The molecule has 0 bridgehead atoms. The van der Waals surface area contributed by atoms with Crippen LogP contribution in [0, 0.1) is 6.92 Å². The molecule has 1 aromatic carbocycles. The van der Waals surface area contributed by atoms with Gasteiger partial charge in [0.25, 0.3) is 0 Å². The van der Waals surface area contributed by atoms with Crippen molar-refractivity contribution < 1.29 is 0 Å². The molecule has 4 heteroatoms. The smallest absolute Gasteiger partial charge is 0.207 e. The van der Waals surface area contributed by atoms with Crippen LogP contribution in [0.1, 0.15) is 31.9 Å². The minimum absolute atomic E-state index is 0.135. The average Bonchev–Trinajstić information content (AvgIpc) is 2.73. The molecule has 0 aliphatic rings. The minimum Gasteiger partial charge on any atom is -0.369 e. The summed E-state index contributed by atoms with van der Waals surface area (Å²) in [5, 5.41) is 0. The van der Waals surface area contributed by atoms with Crippen molar-refractivity contribution in [2.24, 2.45) is 0 Å². The largest absolute Gasteiger partial charge is 0.369 e. The number of hydrogen-bond donors (Lipinski definition) is 1. The summed E-state index contributed by atoms with van der Waals surface area (Å²) in [5.74, 6) is 0.464. The predicted octanol–water partition coefficient (Wildman–Crippen LogP) is 3.61. The molecule has 3 rings (SSSR count). The van der Waals surface area contributed by atoms with Crippen LogP contribution in [0.5, 0.6) is 0 Å². The highest BCUT2D eigenvalue weighted by atomic mass is 15.2. The van der Waals surface area contributed by atoms with Crippen molar-refractivity contribution in [3.05, 3.63) is 47.7 Å². The third-order valence-electron chi connectivity index (χ3n) is 3.65. The van der Waals surface area contributed by atoms with E-state index in [4.69, 9.17) is 5.73 Å². The zero-order valence-corrected chi connectivity index (χ0v) is 12.9. The van der Waals surface area contributed by atoms with Crippen molar-refractivity contribution in [2.75, 3.05) is 5.73 Å². The first-order valence-corrected chi connectivity index (χ1v) is 7.08. The Kier molecular flexibility index (Phi) is 2.97. The molecule has 2 aromatic heterocycles. The van der Waals surface area contributed by atoms with Crippen LogP contribution in [0.4, 0.5) is 5.95 Å². The highest BCUT2D eigenvalue weighted by Crippen LogP contribution is 2.26. The second-order valence-corrected chi connectivity index (χ2v) is 6.46. The van der Waals surface area contributed by atoms with Gasteiger partial charge in [-0.3, -0.25) is 4.57 Å². The Labute approximate surface area is 124 Å². The van der Waals surface area contributed by atoms with E-state index in [0.717, 1.165) is 22.4 Å². The van der Waals surface area contributed by atoms with Gasteiger partial charge in [0, 0.05) is 6.20 Å². The lowest BCUT2D eigenvalue weighted by atomic mass is 9.87. The predicted molar refractivity (Wildman–Crippen MR) is 86.7 cm³/mol. The van der Waals surface area contributed by atoms with Crippen LogP contribution in [0.25, 0.3) is 16.9 Å². The van der Waals surface area contributed by atoms with Gasteiger partial charge in [-0.15, -0.1) is 0 Å². The van der Waals surface area contributed by atoms with Gasteiger partial charge in [-0.2, -0.15) is 0 Å². The molecule has 0 radical (unpaired) electrons. The van der Waals surface area contributed by atoms with E-state index in [-0.39, 0.29) is 5.41 Å². The number of nitrogens with two attached hydrogens (primary N) is 1. The summed E-state index contributed by atoms with van der Waals surface area (Å²) < 4.78 is 1.89. The summed E-state index contributed by atoms with van der Waals surface area (Å²) in [4.78, 5) is 8.87. The molecule has 108 valence electrons. The molecular formula is C17H20N4. The molecule has 0 unspecified atom stereocenters. The fourth-order valence-corrected chi connectivity index (χ4v) is 2.45. The molecule has 2 N–H and O–H groups in total. The van der Waals surface area contributed by atoms with Crippen LogP contribution in [-0.4, -0.2) is 14.5 Å². The van der Waals surface area contributed by atoms with Crippen LogP contribution in [0.2, 0.25) is 0 Å². The normalized spacial score (nSPS) is 12.0. The van der Waals surface area contributed by atoms with Crippen molar-refractivity contribution in [3.63, 3.8) is 0 Å². The van der Waals surface area contributed by atoms with Gasteiger partial charge in [0.2, 0.25) is 5.95 Å². The molecular weight excluding hydrogens is 260 g/mol. The number of nitrogen functional groups attached to an aromatic ring is 1. The van der Waals surface area contributed by atoms with Gasteiger partial charge in [-0.25, -0.2) is 9.97 Å². The third-order valence-corrected chi connectivity index (χ3v) is 3.65. The average molecular weight is 280 g/mol. The van der Waals surface area contributed by atoms with Gasteiger partial charge in [-0.1, -0.05) is 32.9 Å². The topological polar surface area (TPSA) is 56.7 Å². The zero-order valence-electron chi connectivity index (χ0n) is 12.9. The van der Waals surface area contributed by atoms with Crippen molar-refractivity contribution in [3.8, 4) is 5.69 Å². The number of aryl methyl sites for hydroxylation is 1. The van der Waals surface area contributed by atoms with Crippen LogP contribution >= 0.6 is 0 Å². The number of aromatic nitrogens is 3. The highest BCUT2D eigenvalue weighted by molar-refractivity contribution is 5.77. The number of benzene rings is 1. The first kappa shape index (κ1) is 13.6. The molecule has 3 aromatic rings. The van der Waals surface area contributed by atoms with Gasteiger partial charge < -0.3 is 5.73 Å². The van der Waals surface area contributed by atoms with E-state index in [1.807, 2.05) is 23.8 Å². The third kappa shape index (κ3) is 2.37. The summed E-state index contributed by atoms with van der Waals surface area (Å²) in [5.41, 5.74) is 11.2. The zero-order chi connectivity index (χ0) is 15.2. The van der Waals surface area contributed by atoms with E-state index in [2.05, 4.69) is 55.0 Å². The second-order valence-electron chi connectivity index (χ2n) is 6.46. The van der Waals surface area contributed by atoms with Crippen LogP contribution < -0.4 is 5.73 Å². The van der Waals surface area contributed by atoms with E-state index in [1.165, 1.54) is 5.56 Å². The first-order valence-electron chi connectivity index (χ1n) is 7.08. The fourth-order valence-electron chi connectivity index (χ4n) is 2.45. The number of rotatable bonds is 1. The van der Waals surface area contributed by atoms with Crippen molar-refractivity contribution >= 4 is 17.1 Å². The van der Waals surface area contributed by atoms with Crippen LogP contribution in [0.15, 0.2) is 36.5 Å². The lowest BCUT2D eigenvalue weighted by Gasteiger charge is -2.19. The van der Waals surface area contributed by atoms with Crippen LogP contribution in [0.3, 0.4) is 0 Å². The molecule has 0 spiro atoms. The van der Waals surface area contributed by atoms with Crippen molar-refractivity contribution in [1.29, 1.82) is 0 Å². The lowest BCUT2D eigenvalue weighted by Crippen LogP contribution is -2.11. The Morgan fingerprint density at radius 1 is 1.10 bits per heavy atom. The number of hydrogen-bond acceptors (Lipinski definition) is 3. The maximum Gasteiger partial charge on any atom is 0.207 e. The SMILES string of the molecule is Cc1cnc2c(c1)nc(N)n2-c1ccc(C(C)(C)C)cc1. The van der Waals surface area contributed by atoms with E-state index < -0.39 is 0 Å². The second kappa shape index (κ2) is 4.58. The number of imidazole rings is 1. The Morgan fingerprint density at radius 2 is 1.76 bits per heavy atom. The maximum absolute atomic E-state index is 6.07. The van der Waals surface area contributed by atoms with Crippen molar-refractivity contribution in [1.82, 2.24) is 14.5 Å². The monoisotopic (exact) mass is 280 g/mol. The molecule has 4 nitrogen and oxygen atoms in total. The van der Waals surface area contributed by atoms with Gasteiger partial charge in [0.1, 0.15) is 5.52 Å². The first-order chi connectivity index (χ1) is 9.86. The van der Waals surface area contributed by atoms with E-state index >= 15 is 0 Å². The quantitative estimate of drug-likeness (QED) is 0.741. The number of pyridine rings is 1. The van der Waals surface area contributed by atoms with E-state index in [1.54, 1.807) is 0 Å². The molecule has 0 atom stereocenters. The van der Waals surface area contributed by atoms with Crippen molar-refractivity contribution in [2.45, 2.75) is 33.1 Å². The molecule has 0 saturated heterocycles. The molecule has 0 saturated carbocycles. The molecule has 0 aliphatic carbocycles. The molecule has 0 amide bonds. The van der Waals surface area contributed by atoms with E-state index in [9.17, 15) is 0 Å². The standard InChI is InChI=1S/C17H20N4/c1-11-9-14-15(19-10-11)21(16(18)20-14)13-7-5-12(6-8-13)17(2,3)4/h5-10H,1-4H3,(H2,18,20). The maximum atomic E-state index is 6.07. The molecule has 2 heterocycles. The molecule has 0 fully saturated rings. The van der Waals surface area contributed by atoms with Gasteiger partial charge in [0.15, 0.2) is 5.65 Å². The number of fused-ring (bicyclic) bond motifs is 1. The number of anilines is 1. The minimum atomic E-state index is 0.135. The fraction of sp³-hybridized carbons (Fsp3) is 0.294. The summed E-state index contributed by atoms with van der Waals surface area (Å²) in [7, 11) is 0. The van der Waals surface area contributed by atoms with E-state index in [0.29, 0.717) is 5.95 Å². The summed E-state index contributed by atoms with van der Waals surface area (Å²) in [6, 6.07) is 10.4. The molecule has 21 heavy (non-hydrogen) atoms. The van der Waals surface area contributed by atoms with Crippen LogP contribution in [-0.2, 0) is 5.41 Å². The summed E-state index contributed by atoms with van der Waals surface area (Å²) in [6.45, 7) is 8.60.